The van der Waals surface area contributed by atoms with E-state index in [-0.39, 0.29) is 16.2 Å². The highest BCUT2D eigenvalue weighted by atomic mass is 32.1. The van der Waals surface area contributed by atoms with E-state index >= 15 is 0 Å². The summed E-state index contributed by atoms with van der Waals surface area (Å²) in [6, 6.07) is 18.3. The number of nitrogens with one attached hydrogen (secondary N) is 2. The number of hydrogen-bond acceptors (Lipinski definition) is 4. The van der Waals surface area contributed by atoms with Crippen molar-refractivity contribution in [3.63, 3.8) is 0 Å². The van der Waals surface area contributed by atoms with Crippen LogP contribution in [0.1, 0.15) is 10.4 Å². The Morgan fingerprint density at radius 3 is 2.54 bits per heavy atom. The number of benzene rings is 2. The van der Waals surface area contributed by atoms with E-state index in [4.69, 9.17) is 22.4 Å². The highest BCUT2D eigenvalue weighted by Crippen LogP contribution is 2.12. The van der Waals surface area contributed by atoms with Gasteiger partial charge in [0.25, 0.3) is 5.91 Å². The van der Waals surface area contributed by atoms with Crippen LogP contribution in [0, 0.1) is 0 Å². The van der Waals surface area contributed by atoms with Crippen molar-refractivity contribution in [1.82, 2.24) is 5.43 Å². The molecule has 24 heavy (non-hydrogen) atoms. The molecule has 0 fully saturated rings. The van der Waals surface area contributed by atoms with Gasteiger partial charge in [0.2, 0.25) is 5.55 Å². The molecule has 1 amide bonds. The first kappa shape index (κ1) is 15.7. The summed E-state index contributed by atoms with van der Waals surface area (Å²) in [5.74, 6) is -0.632. The zero-order valence-corrected chi connectivity index (χ0v) is 13.3. The number of anilines is 1. The number of primary amides is 1. The molecule has 0 radical (unpaired) electrons. The van der Waals surface area contributed by atoms with E-state index in [1.165, 1.54) is 0 Å². The van der Waals surface area contributed by atoms with Crippen LogP contribution < -0.4 is 22.0 Å². The van der Waals surface area contributed by atoms with Gasteiger partial charge in [0, 0.05) is 11.1 Å². The van der Waals surface area contributed by atoms with E-state index in [1.807, 2.05) is 48.5 Å². The second kappa shape index (κ2) is 6.93. The van der Waals surface area contributed by atoms with Gasteiger partial charge in [-0.2, -0.15) is 0 Å². The Labute approximate surface area is 143 Å². The lowest BCUT2D eigenvalue weighted by atomic mass is 10.2. The molecule has 0 atom stereocenters. The molecule has 0 unspecified atom stereocenters. The minimum absolute atomic E-state index is 0.0680. The second-order valence-corrected chi connectivity index (χ2v) is 5.32. The predicted octanol–water partition coefficient (Wildman–Crippen LogP) is 2.33. The molecule has 0 aliphatic rings. The van der Waals surface area contributed by atoms with Crippen molar-refractivity contribution >= 4 is 39.9 Å². The van der Waals surface area contributed by atoms with Crippen LogP contribution in [0.15, 0.2) is 70.2 Å². The Kier molecular flexibility index (Phi) is 4.53. The lowest BCUT2D eigenvalue weighted by Gasteiger charge is -2.06. The van der Waals surface area contributed by atoms with Gasteiger partial charge in [0.1, 0.15) is 11.1 Å². The quantitative estimate of drug-likeness (QED) is 0.503. The van der Waals surface area contributed by atoms with Crippen LogP contribution in [-0.2, 0) is 0 Å². The van der Waals surface area contributed by atoms with Gasteiger partial charge in [0.05, 0.1) is 0 Å². The number of nitrogens with zero attached hydrogens (tertiary/aromatic N) is 1. The molecule has 0 bridgehead atoms. The van der Waals surface area contributed by atoms with E-state index in [2.05, 4.69) is 15.8 Å². The lowest BCUT2D eigenvalue weighted by molar-refractivity contribution is 0.0996. The summed E-state index contributed by atoms with van der Waals surface area (Å²) >= 11 is 5.17. The van der Waals surface area contributed by atoms with Crippen molar-refractivity contribution in [2.45, 2.75) is 0 Å². The van der Waals surface area contributed by atoms with Gasteiger partial charge < -0.3 is 15.5 Å². The molecule has 7 heteroatoms. The zero-order chi connectivity index (χ0) is 16.9. The molecule has 0 aliphatic carbocycles. The number of carbonyl (C=O) groups excluding carboxylic acids is 1. The number of carbonyl (C=O) groups is 1. The third-order valence-electron chi connectivity index (χ3n) is 3.21. The summed E-state index contributed by atoms with van der Waals surface area (Å²) in [6.07, 6.45) is 0. The minimum atomic E-state index is -0.632. The Morgan fingerprint density at radius 2 is 1.79 bits per heavy atom. The van der Waals surface area contributed by atoms with E-state index < -0.39 is 5.91 Å². The number of rotatable bonds is 3. The SMILES string of the molecule is NC(=O)c1cc2ccccc2o/c1=N\NC(=S)Nc1ccccc1. The molecule has 0 spiro atoms. The monoisotopic (exact) mass is 338 g/mol. The van der Waals surface area contributed by atoms with Gasteiger partial charge in [-0.3, -0.25) is 4.79 Å². The Hall–Kier alpha value is -3.19. The average molecular weight is 338 g/mol. The van der Waals surface area contributed by atoms with Gasteiger partial charge in [-0.15, -0.1) is 5.10 Å². The predicted molar refractivity (Wildman–Crippen MR) is 96.1 cm³/mol. The molecular weight excluding hydrogens is 324 g/mol. The molecule has 6 nitrogen and oxygen atoms in total. The molecule has 0 saturated heterocycles. The zero-order valence-electron chi connectivity index (χ0n) is 12.5. The van der Waals surface area contributed by atoms with Crippen LogP contribution >= 0.6 is 12.2 Å². The third-order valence-corrected chi connectivity index (χ3v) is 3.41. The number of amides is 1. The molecule has 3 rings (SSSR count). The van der Waals surface area contributed by atoms with Gasteiger partial charge >= 0.3 is 0 Å². The molecule has 4 N–H and O–H groups in total. The maximum atomic E-state index is 11.6. The highest BCUT2D eigenvalue weighted by Gasteiger charge is 2.09. The lowest BCUT2D eigenvalue weighted by Crippen LogP contribution is -2.29. The van der Waals surface area contributed by atoms with Crippen LogP contribution in [0.3, 0.4) is 0 Å². The van der Waals surface area contributed by atoms with Gasteiger partial charge in [-0.05, 0) is 36.5 Å². The first-order valence-corrected chi connectivity index (χ1v) is 7.53. The fraction of sp³-hybridized carbons (Fsp3) is 0. The molecule has 0 saturated carbocycles. The van der Waals surface area contributed by atoms with Crippen molar-refractivity contribution in [3.05, 3.63) is 71.8 Å². The van der Waals surface area contributed by atoms with Crippen molar-refractivity contribution < 1.29 is 9.21 Å². The van der Waals surface area contributed by atoms with Gasteiger partial charge in [0.15, 0.2) is 5.11 Å². The standard InChI is InChI=1S/C17H14N4O2S/c18-15(22)13-10-11-6-4-5-9-14(11)23-16(13)20-21-17(24)19-12-7-2-1-3-8-12/h1-10H,(H2,18,22)(H2,19,21,24)/b20-16-. The van der Waals surface area contributed by atoms with Crippen LogP contribution in [0.4, 0.5) is 5.69 Å². The summed E-state index contributed by atoms with van der Waals surface area (Å²) in [5.41, 5.74) is 9.69. The number of para-hydroxylation sites is 2. The average Bonchev–Trinajstić information content (AvgIpc) is 2.60. The normalized spacial score (nSPS) is 11.2. The van der Waals surface area contributed by atoms with Crippen molar-refractivity contribution in [2.24, 2.45) is 10.8 Å². The van der Waals surface area contributed by atoms with Gasteiger partial charge in [-0.25, -0.2) is 5.43 Å². The first-order valence-electron chi connectivity index (χ1n) is 7.12. The molecular formula is C17H14N4O2S. The van der Waals surface area contributed by atoms with Crippen molar-refractivity contribution in [1.29, 1.82) is 0 Å². The van der Waals surface area contributed by atoms with Crippen molar-refractivity contribution in [2.75, 3.05) is 5.32 Å². The van der Waals surface area contributed by atoms with Crippen LogP contribution in [0.2, 0.25) is 0 Å². The molecule has 1 aromatic heterocycles. The summed E-state index contributed by atoms with van der Waals surface area (Å²) in [5, 5.41) is 8.04. The summed E-state index contributed by atoms with van der Waals surface area (Å²) in [7, 11) is 0. The molecule has 0 aliphatic heterocycles. The Bertz CT molecular complexity index is 967. The number of hydrogen-bond donors (Lipinski definition) is 3. The Morgan fingerprint density at radius 1 is 1.08 bits per heavy atom. The maximum Gasteiger partial charge on any atom is 0.254 e. The second-order valence-electron chi connectivity index (χ2n) is 4.91. The fourth-order valence-electron chi connectivity index (χ4n) is 2.11. The van der Waals surface area contributed by atoms with Crippen LogP contribution in [0.5, 0.6) is 0 Å². The van der Waals surface area contributed by atoms with Crippen LogP contribution in [0.25, 0.3) is 11.0 Å². The third kappa shape index (κ3) is 3.58. The first-order chi connectivity index (χ1) is 11.6. The minimum Gasteiger partial charge on any atom is -0.436 e. The fourth-order valence-corrected chi connectivity index (χ4v) is 2.27. The number of thiocarbonyl (C=S) groups is 1. The van der Waals surface area contributed by atoms with Crippen LogP contribution in [-0.4, -0.2) is 11.0 Å². The Balaban J connectivity index is 1.89. The number of nitrogens with two attached hydrogens (primary N) is 1. The highest BCUT2D eigenvalue weighted by molar-refractivity contribution is 7.80. The van der Waals surface area contributed by atoms with E-state index in [1.54, 1.807) is 12.1 Å². The van der Waals surface area contributed by atoms with Gasteiger partial charge in [-0.1, -0.05) is 36.4 Å². The maximum absolute atomic E-state index is 11.6. The van der Waals surface area contributed by atoms with Crippen molar-refractivity contribution in [3.8, 4) is 0 Å². The molecule has 3 aromatic rings. The smallest absolute Gasteiger partial charge is 0.254 e. The van der Waals surface area contributed by atoms with E-state index in [9.17, 15) is 4.79 Å². The topological polar surface area (TPSA) is 92.7 Å². The molecule has 2 aromatic carbocycles. The largest absolute Gasteiger partial charge is 0.436 e. The molecule has 120 valence electrons. The summed E-state index contributed by atoms with van der Waals surface area (Å²) in [6.45, 7) is 0. The summed E-state index contributed by atoms with van der Waals surface area (Å²) in [4.78, 5) is 11.6. The number of fused-ring (bicyclic) bond motifs is 1. The van der Waals surface area contributed by atoms with E-state index in [0.29, 0.717) is 5.58 Å². The summed E-state index contributed by atoms with van der Waals surface area (Å²) < 4.78 is 5.64. The van der Waals surface area contributed by atoms with E-state index in [0.717, 1.165) is 11.1 Å². The molecule has 1 heterocycles.